The average Bonchev–Trinajstić information content (AvgIpc) is 2.15. The normalized spacial score (nSPS) is 10.7. The number of aliphatic hydroxyl groups excluding tert-OH is 1. The molecule has 0 atom stereocenters. The van der Waals surface area contributed by atoms with Gasteiger partial charge in [0.25, 0.3) is 0 Å². The zero-order valence-corrected chi connectivity index (χ0v) is 10.3. The quantitative estimate of drug-likeness (QED) is 0.572. The lowest BCUT2D eigenvalue weighted by atomic mass is 10.1. The van der Waals surface area contributed by atoms with Crippen LogP contribution in [0.25, 0.3) is 0 Å². The van der Waals surface area contributed by atoms with Crippen LogP contribution < -0.4 is 0 Å². The van der Waals surface area contributed by atoms with Gasteiger partial charge in [-0.25, -0.2) is 4.39 Å². The van der Waals surface area contributed by atoms with Gasteiger partial charge in [0.15, 0.2) is 0 Å². The van der Waals surface area contributed by atoms with E-state index in [0.29, 0.717) is 11.1 Å². The van der Waals surface area contributed by atoms with Gasteiger partial charge in [0.2, 0.25) is 0 Å². The predicted octanol–water partition coefficient (Wildman–Crippen LogP) is 2.55. The van der Waals surface area contributed by atoms with Crippen molar-refractivity contribution in [2.24, 2.45) is 0 Å². The second-order valence-corrected chi connectivity index (χ2v) is 9.19. The van der Waals surface area contributed by atoms with E-state index in [1.807, 2.05) is 0 Å². The number of rotatable bonds is 1. The highest BCUT2D eigenvalue weighted by molar-refractivity contribution is 6.83. The maximum absolute atomic E-state index is 13.6. The summed E-state index contributed by atoms with van der Waals surface area (Å²) in [5.74, 6) is 2.46. The molecule has 0 unspecified atom stereocenters. The van der Waals surface area contributed by atoms with E-state index in [2.05, 4.69) is 31.1 Å². The van der Waals surface area contributed by atoms with Gasteiger partial charge in [0.1, 0.15) is 13.9 Å². The summed E-state index contributed by atoms with van der Waals surface area (Å²) in [6, 6.07) is 4.92. The Balaban J connectivity index is 3.10. The molecule has 0 aliphatic carbocycles. The number of halogens is 1. The van der Waals surface area contributed by atoms with Crippen LogP contribution in [0.1, 0.15) is 11.1 Å². The van der Waals surface area contributed by atoms with Crippen LogP contribution in [0.4, 0.5) is 4.39 Å². The molecule has 1 aromatic rings. The zero-order valence-electron chi connectivity index (χ0n) is 9.26. The summed E-state index contributed by atoms with van der Waals surface area (Å²) in [6.07, 6.45) is 0. The molecule has 3 heteroatoms. The van der Waals surface area contributed by atoms with Crippen LogP contribution in [0.2, 0.25) is 19.6 Å². The summed E-state index contributed by atoms with van der Waals surface area (Å²) in [4.78, 5) is 0. The van der Waals surface area contributed by atoms with E-state index in [0.717, 1.165) is 0 Å². The molecule has 1 nitrogen and oxygen atoms in total. The molecule has 0 spiro atoms. The van der Waals surface area contributed by atoms with Crippen molar-refractivity contribution in [3.63, 3.8) is 0 Å². The lowest BCUT2D eigenvalue weighted by Gasteiger charge is -2.04. The van der Waals surface area contributed by atoms with Crippen molar-refractivity contribution in [2.75, 3.05) is 0 Å². The summed E-state index contributed by atoms with van der Waals surface area (Å²) in [5.41, 5.74) is 3.78. The van der Waals surface area contributed by atoms with Crippen LogP contribution in [0, 0.1) is 17.3 Å². The van der Waals surface area contributed by atoms with Gasteiger partial charge in [-0.2, -0.15) is 0 Å². The smallest absolute Gasteiger partial charge is 0.144 e. The Morgan fingerprint density at radius 1 is 1.33 bits per heavy atom. The van der Waals surface area contributed by atoms with E-state index >= 15 is 0 Å². The van der Waals surface area contributed by atoms with E-state index in [9.17, 15) is 4.39 Å². The fraction of sp³-hybridized carbons (Fsp3) is 0.333. The maximum atomic E-state index is 13.6. The fourth-order valence-electron chi connectivity index (χ4n) is 1.05. The van der Waals surface area contributed by atoms with E-state index in [1.165, 1.54) is 0 Å². The van der Waals surface area contributed by atoms with Crippen LogP contribution in [0.5, 0.6) is 0 Å². The lowest BCUT2D eigenvalue weighted by molar-refractivity contribution is 0.275. The fourth-order valence-corrected chi connectivity index (χ4v) is 1.56. The Kier molecular flexibility index (Phi) is 3.67. The second kappa shape index (κ2) is 4.60. The molecule has 1 N–H and O–H groups in total. The van der Waals surface area contributed by atoms with Gasteiger partial charge < -0.3 is 5.11 Å². The first-order valence-corrected chi connectivity index (χ1v) is 8.35. The van der Waals surface area contributed by atoms with E-state index in [1.54, 1.807) is 18.2 Å². The van der Waals surface area contributed by atoms with Crippen LogP contribution in [-0.4, -0.2) is 13.2 Å². The molecule has 0 aliphatic heterocycles. The first-order valence-electron chi connectivity index (χ1n) is 4.85. The number of aliphatic hydroxyl groups is 1. The first-order chi connectivity index (χ1) is 6.94. The van der Waals surface area contributed by atoms with Crippen LogP contribution in [0.15, 0.2) is 18.2 Å². The third-order valence-corrected chi connectivity index (χ3v) is 2.70. The molecular weight excluding hydrogens is 207 g/mol. The molecule has 1 aromatic carbocycles. The molecule has 0 radical (unpaired) electrons. The van der Waals surface area contributed by atoms with Crippen LogP contribution in [-0.2, 0) is 6.61 Å². The summed E-state index contributed by atoms with van der Waals surface area (Å²) < 4.78 is 13.6. The SMILES string of the molecule is C[Si](C)(C)C#Cc1cccc(CO)c1F. The van der Waals surface area contributed by atoms with Crippen molar-refractivity contribution >= 4 is 8.07 Å². The highest BCUT2D eigenvalue weighted by atomic mass is 28.3. The van der Waals surface area contributed by atoms with Crippen molar-refractivity contribution in [3.8, 4) is 11.5 Å². The Labute approximate surface area is 91.0 Å². The molecule has 0 fully saturated rings. The van der Waals surface area contributed by atoms with Crippen molar-refractivity contribution in [1.29, 1.82) is 0 Å². The Morgan fingerprint density at radius 2 is 2.00 bits per heavy atom. The second-order valence-electron chi connectivity index (χ2n) is 4.44. The van der Waals surface area contributed by atoms with Crippen molar-refractivity contribution in [1.82, 2.24) is 0 Å². The van der Waals surface area contributed by atoms with Gasteiger partial charge in [-0.15, -0.1) is 5.54 Å². The predicted molar refractivity (Wildman–Crippen MR) is 62.5 cm³/mol. The van der Waals surface area contributed by atoms with Gasteiger partial charge in [0, 0.05) is 5.56 Å². The van der Waals surface area contributed by atoms with Gasteiger partial charge in [-0.1, -0.05) is 37.7 Å². The Hall–Kier alpha value is -1.11. The van der Waals surface area contributed by atoms with Crippen LogP contribution >= 0.6 is 0 Å². The van der Waals surface area contributed by atoms with Gasteiger partial charge in [0.05, 0.1) is 12.2 Å². The van der Waals surface area contributed by atoms with E-state index in [4.69, 9.17) is 5.11 Å². The molecule has 0 aromatic heterocycles. The minimum Gasteiger partial charge on any atom is -0.392 e. The van der Waals surface area contributed by atoms with Gasteiger partial charge in [-0.3, -0.25) is 0 Å². The third kappa shape index (κ3) is 3.50. The largest absolute Gasteiger partial charge is 0.392 e. The molecule has 0 saturated carbocycles. The highest BCUT2D eigenvalue weighted by Crippen LogP contribution is 2.12. The van der Waals surface area contributed by atoms with Gasteiger partial charge in [-0.05, 0) is 6.07 Å². The average molecular weight is 222 g/mol. The Bertz CT molecular complexity index is 410. The topological polar surface area (TPSA) is 20.2 Å². The molecule has 0 bridgehead atoms. The minimum atomic E-state index is -1.48. The molecule has 0 aliphatic rings. The van der Waals surface area contributed by atoms with Crippen molar-refractivity contribution < 1.29 is 9.50 Å². The molecule has 0 saturated heterocycles. The molecule has 0 amide bonds. The van der Waals surface area contributed by atoms with Crippen LogP contribution in [0.3, 0.4) is 0 Å². The molecule has 1 rings (SSSR count). The number of hydrogen-bond donors (Lipinski definition) is 1. The number of benzene rings is 1. The number of hydrogen-bond acceptors (Lipinski definition) is 1. The van der Waals surface area contributed by atoms with E-state index in [-0.39, 0.29) is 6.61 Å². The van der Waals surface area contributed by atoms with E-state index < -0.39 is 13.9 Å². The minimum absolute atomic E-state index is 0.283. The summed E-state index contributed by atoms with van der Waals surface area (Å²) in [7, 11) is -1.48. The summed E-state index contributed by atoms with van der Waals surface area (Å²) >= 11 is 0. The molecular formula is C12H15FOSi. The van der Waals surface area contributed by atoms with Crippen molar-refractivity contribution in [3.05, 3.63) is 35.1 Å². The standard InChI is InChI=1S/C12H15FOSi/c1-15(2,3)8-7-10-5-4-6-11(9-14)12(10)13/h4-6,14H,9H2,1-3H3. The van der Waals surface area contributed by atoms with Crippen molar-refractivity contribution in [2.45, 2.75) is 26.2 Å². The molecule has 15 heavy (non-hydrogen) atoms. The molecule has 0 heterocycles. The highest BCUT2D eigenvalue weighted by Gasteiger charge is 2.09. The first kappa shape index (κ1) is 12.0. The monoisotopic (exact) mass is 222 g/mol. The Morgan fingerprint density at radius 3 is 2.53 bits per heavy atom. The molecule has 80 valence electrons. The summed E-state index contributed by atoms with van der Waals surface area (Å²) in [6.45, 7) is 6.03. The maximum Gasteiger partial charge on any atom is 0.144 e. The summed E-state index contributed by atoms with van der Waals surface area (Å²) in [5, 5.41) is 8.89. The van der Waals surface area contributed by atoms with Gasteiger partial charge >= 0.3 is 0 Å². The zero-order chi connectivity index (χ0) is 11.5. The lowest BCUT2D eigenvalue weighted by Crippen LogP contribution is -2.16. The third-order valence-electron chi connectivity index (χ3n) is 1.82.